The highest BCUT2D eigenvalue weighted by Gasteiger charge is 2.42. The van der Waals surface area contributed by atoms with Crippen molar-refractivity contribution >= 4 is 17.7 Å². The number of nitrogens with one attached hydrogen (secondary N) is 1. The van der Waals surface area contributed by atoms with Crippen LogP contribution in [0.1, 0.15) is 34.5 Å². The van der Waals surface area contributed by atoms with Crippen LogP contribution in [0.2, 0.25) is 0 Å². The van der Waals surface area contributed by atoms with Crippen LogP contribution >= 0.6 is 0 Å². The van der Waals surface area contributed by atoms with Gasteiger partial charge in [0.05, 0.1) is 12.0 Å². The van der Waals surface area contributed by atoms with Crippen LogP contribution in [0.4, 0.5) is 5.82 Å². The molecule has 0 bridgehead atoms. The smallest absolute Gasteiger partial charge is 0.339 e. The van der Waals surface area contributed by atoms with E-state index in [1.807, 2.05) is 11.8 Å². The van der Waals surface area contributed by atoms with Crippen molar-refractivity contribution in [2.45, 2.75) is 32.7 Å². The molecule has 2 N–H and O–H groups in total. The molecule has 2 aliphatic rings. The predicted octanol–water partition coefficient (Wildman–Crippen LogP) is 1.11. The van der Waals surface area contributed by atoms with Crippen molar-refractivity contribution in [1.82, 2.24) is 10.3 Å². The van der Waals surface area contributed by atoms with Crippen LogP contribution < -0.4 is 10.2 Å². The monoisotopic (exact) mass is 289 g/mol. The highest BCUT2D eigenvalue weighted by molar-refractivity contribution is 5.95. The summed E-state index contributed by atoms with van der Waals surface area (Å²) in [5, 5.41) is 12.4. The lowest BCUT2D eigenvalue weighted by molar-refractivity contribution is -0.123. The summed E-state index contributed by atoms with van der Waals surface area (Å²) in [4.78, 5) is 29.9. The molecule has 0 aromatic carbocycles. The van der Waals surface area contributed by atoms with Crippen LogP contribution in [-0.2, 0) is 4.79 Å². The molecular weight excluding hydrogens is 270 g/mol. The number of piperidine rings is 1. The summed E-state index contributed by atoms with van der Waals surface area (Å²) >= 11 is 0. The molecule has 0 saturated carbocycles. The third-order valence-corrected chi connectivity index (χ3v) is 4.41. The number of hydrogen-bond donors (Lipinski definition) is 2. The number of carboxylic acids is 1. The molecule has 6 nitrogen and oxygen atoms in total. The number of hydrogen-bond acceptors (Lipinski definition) is 4. The minimum atomic E-state index is -0.964. The van der Waals surface area contributed by atoms with Gasteiger partial charge in [-0.25, -0.2) is 9.78 Å². The zero-order valence-electron chi connectivity index (χ0n) is 12.2. The molecule has 2 unspecified atom stereocenters. The van der Waals surface area contributed by atoms with E-state index in [0.29, 0.717) is 17.9 Å². The van der Waals surface area contributed by atoms with Crippen LogP contribution in [0.15, 0.2) is 6.07 Å². The Labute approximate surface area is 123 Å². The van der Waals surface area contributed by atoms with E-state index >= 15 is 0 Å². The largest absolute Gasteiger partial charge is 0.478 e. The van der Waals surface area contributed by atoms with Gasteiger partial charge in [0.1, 0.15) is 11.4 Å². The molecule has 0 aliphatic carbocycles. The fraction of sp³-hybridized carbons (Fsp3) is 0.533. The van der Waals surface area contributed by atoms with Crippen molar-refractivity contribution in [3.05, 3.63) is 22.9 Å². The molecule has 112 valence electrons. The molecule has 2 fully saturated rings. The number of carboxylic acid groups (broad SMARTS) is 1. The predicted molar refractivity (Wildman–Crippen MR) is 77.5 cm³/mol. The maximum Gasteiger partial charge on any atom is 0.339 e. The summed E-state index contributed by atoms with van der Waals surface area (Å²) in [5.74, 6) is -0.436. The van der Waals surface area contributed by atoms with Crippen LogP contribution in [0.3, 0.4) is 0 Å². The van der Waals surface area contributed by atoms with Gasteiger partial charge in [-0.2, -0.15) is 0 Å². The Balaban J connectivity index is 2.07. The lowest BCUT2D eigenvalue weighted by atomic mass is 9.91. The number of rotatable bonds is 2. The fourth-order valence-corrected chi connectivity index (χ4v) is 3.50. The lowest BCUT2D eigenvalue weighted by Gasteiger charge is -2.37. The molecule has 1 aromatic rings. The van der Waals surface area contributed by atoms with E-state index in [1.165, 1.54) is 0 Å². The molecule has 0 spiro atoms. The van der Waals surface area contributed by atoms with Gasteiger partial charge in [0.15, 0.2) is 0 Å². The van der Waals surface area contributed by atoms with Crippen molar-refractivity contribution in [2.75, 3.05) is 18.0 Å². The number of fused-ring (bicyclic) bond motifs is 1. The minimum Gasteiger partial charge on any atom is -0.478 e. The molecule has 0 radical (unpaired) electrons. The zero-order valence-corrected chi connectivity index (χ0v) is 12.2. The number of carbonyl (C=O) groups excluding carboxylic acids is 1. The van der Waals surface area contributed by atoms with Crippen molar-refractivity contribution < 1.29 is 14.7 Å². The maximum absolute atomic E-state index is 11.9. The normalized spacial score (nSPS) is 24.7. The van der Waals surface area contributed by atoms with Crippen molar-refractivity contribution in [3.8, 4) is 0 Å². The molecule has 2 aliphatic heterocycles. The van der Waals surface area contributed by atoms with Gasteiger partial charge in [0, 0.05) is 18.8 Å². The van der Waals surface area contributed by atoms with Gasteiger partial charge in [-0.15, -0.1) is 0 Å². The third-order valence-electron chi connectivity index (χ3n) is 4.41. The average Bonchev–Trinajstić information content (AvgIpc) is 2.79. The van der Waals surface area contributed by atoms with Crippen LogP contribution in [-0.4, -0.2) is 41.1 Å². The van der Waals surface area contributed by atoms with Crippen LogP contribution in [0.5, 0.6) is 0 Å². The highest BCUT2D eigenvalue weighted by Crippen LogP contribution is 2.33. The molecule has 6 heteroatoms. The van der Waals surface area contributed by atoms with E-state index in [4.69, 9.17) is 0 Å². The number of aryl methyl sites for hydroxylation is 2. The van der Waals surface area contributed by atoms with Crippen LogP contribution in [0.25, 0.3) is 0 Å². The quantitative estimate of drug-likeness (QED) is 0.852. The number of aromatic nitrogens is 1. The van der Waals surface area contributed by atoms with Gasteiger partial charge in [0.2, 0.25) is 5.91 Å². The summed E-state index contributed by atoms with van der Waals surface area (Å²) in [6.07, 6.45) is 1.74. The molecule has 2 atom stereocenters. The Bertz CT molecular complexity index is 614. The first-order valence-electron chi connectivity index (χ1n) is 7.25. The number of pyridine rings is 1. The van der Waals surface area contributed by atoms with E-state index in [0.717, 1.165) is 25.1 Å². The van der Waals surface area contributed by atoms with Gasteiger partial charge >= 0.3 is 5.97 Å². The second kappa shape index (κ2) is 5.02. The Morgan fingerprint density at radius 1 is 1.48 bits per heavy atom. The van der Waals surface area contributed by atoms with E-state index < -0.39 is 5.97 Å². The molecule has 1 amide bonds. The highest BCUT2D eigenvalue weighted by atomic mass is 16.4. The average molecular weight is 289 g/mol. The Kier molecular flexibility index (Phi) is 3.31. The Morgan fingerprint density at radius 2 is 2.24 bits per heavy atom. The van der Waals surface area contributed by atoms with E-state index in [-0.39, 0.29) is 23.4 Å². The molecule has 2 saturated heterocycles. The summed E-state index contributed by atoms with van der Waals surface area (Å²) in [7, 11) is 0. The Morgan fingerprint density at radius 3 is 2.95 bits per heavy atom. The molecule has 1 aromatic heterocycles. The van der Waals surface area contributed by atoms with Crippen molar-refractivity contribution in [3.63, 3.8) is 0 Å². The van der Waals surface area contributed by atoms with E-state index in [9.17, 15) is 14.7 Å². The summed E-state index contributed by atoms with van der Waals surface area (Å²) in [6, 6.07) is 1.80. The topological polar surface area (TPSA) is 82.5 Å². The van der Waals surface area contributed by atoms with Gasteiger partial charge < -0.3 is 15.3 Å². The van der Waals surface area contributed by atoms with Crippen LogP contribution in [0, 0.1) is 19.8 Å². The van der Waals surface area contributed by atoms with E-state index in [2.05, 4.69) is 10.3 Å². The summed E-state index contributed by atoms with van der Waals surface area (Å²) in [5.41, 5.74) is 1.76. The number of aromatic carboxylic acids is 1. The number of carbonyl (C=O) groups is 2. The second-order valence-electron chi connectivity index (χ2n) is 5.84. The zero-order chi connectivity index (χ0) is 15.1. The molecule has 21 heavy (non-hydrogen) atoms. The molecule has 3 heterocycles. The first-order valence-corrected chi connectivity index (χ1v) is 7.25. The van der Waals surface area contributed by atoms with Gasteiger partial charge in [0.25, 0.3) is 0 Å². The SMILES string of the molecule is Cc1cc(C)c(C(=O)O)c(N2CCCC3C(=O)NCC32)n1. The maximum atomic E-state index is 11.9. The number of amides is 1. The third kappa shape index (κ3) is 2.24. The summed E-state index contributed by atoms with van der Waals surface area (Å²) in [6.45, 7) is 4.96. The standard InChI is InChI=1S/C15H19N3O3/c1-8-6-9(2)17-13(12(8)15(20)21)18-5-3-4-10-11(18)7-16-14(10)19/h6,10-11H,3-5,7H2,1-2H3,(H,16,19)(H,20,21). The fourth-order valence-electron chi connectivity index (χ4n) is 3.50. The van der Waals surface area contributed by atoms with Gasteiger partial charge in [-0.05, 0) is 38.3 Å². The summed E-state index contributed by atoms with van der Waals surface area (Å²) < 4.78 is 0. The molecular formula is C15H19N3O3. The first-order chi connectivity index (χ1) is 9.99. The van der Waals surface area contributed by atoms with Crippen molar-refractivity contribution in [1.29, 1.82) is 0 Å². The lowest BCUT2D eigenvalue weighted by Crippen LogP contribution is -2.46. The number of nitrogens with zero attached hydrogens (tertiary/aromatic N) is 2. The molecule has 3 rings (SSSR count). The van der Waals surface area contributed by atoms with Gasteiger partial charge in [-0.1, -0.05) is 0 Å². The van der Waals surface area contributed by atoms with E-state index in [1.54, 1.807) is 13.0 Å². The first kappa shape index (κ1) is 13.9. The Hall–Kier alpha value is -2.11. The number of anilines is 1. The second-order valence-corrected chi connectivity index (χ2v) is 5.84. The van der Waals surface area contributed by atoms with Crippen molar-refractivity contribution in [2.24, 2.45) is 5.92 Å². The minimum absolute atomic E-state index is 0.0121. The van der Waals surface area contributed by atoms with Gasteiger partial charge in [-0.3, -0.25) is 4.79 Å².